The lowest BCUT2D eigenvalue weighted by Crippen LogP contribution is -2.36. The van der Waals surface area contributed by atoms with Crippen LogP contribution in [0.1, 0.15) is 37.5 Å². The van der Waals surface area contributed by atoms with Crippen LogP contribution in [0.25, 0.3) is 0 Å². The summed E-state index contributed by atoms with van der Waals surface area (Å²) in [5, 5.41) is 6.54. The highest BCUT2D eigenvalue weighted by Gasteiger charge is 2.12. The van der Waals surface area contributed by atoms with Crippen LogP contribution in [0.3, 0.4) is 0 Å². The zero-order valence-electron chi connectivity index (χ0n) is 16.8. The molecule has 6 nitrogen and oxygen atoms in total. The summed E-state index contributed by atoms with van der Waals surface area (Å²) in [5.41, 5.74) is 2.98. The molecule has 0 saturated heterocycles. The van der Waals surface area contributed by atoms with E-state index in [1.807, 2.05) is 75.4 Å². The van der Waals surface area contributed by atoms with E-state index in [0.717, 1.165) is 29.2 Å². The van der Waals surface area contributed by atoms with E-state index in [4.69, 9.17) is 0 Å². The smallest absolute Gasteiger partial charge is 0.216 e. The number of nitrogens with one attached hydrogen (secondary N) is 3. The Labute approximate surface area is 168 Å². The molecule has 0 heterocycles. The fourth-order valence-corrected chi connectivity index (χ4v) is 4.09. The number of benzene rings is 2. The van der Waals surface area contributed by atoms with E-state index in [-0.39, 0.29) is 11.8 Å². The summed E-state index contributed by atoms with van der Waals surface area (Å²) in [7, 11) is -3.31. The number of aliphatic imine (C=N–C) groups is 1. The second-order valence-corrected chi connectivity index (χ2v) is 8.64. The Balaban J connectivity index is 1.92. The van der Waals surface area contributed by atoms with Gasteiger partial charge in [0.1, 0.15) is 0 Å². The number of rotatable bonds is 9. The van der Waals surface area contributed by atoms with Crippen molar-refractivity contribution >= 4 is 16.0 Å². The van der Waals surface area contributed by atoms with Crippen LogP contribution in [0, 0.1) is 0 Å². The second-order valence-electron chi connectivity index (χ2n) is 6.88. The van der Waals surface area contributed by atoms with Crippen LogP contribution in [0.5, 0.6) is 0 Å². The van der Waals surface area contributed by atoms with Crippen LogP contribution in [-0.4, -0.2) is 27.0 Å². The minimum absolute atomic E-state index is 0.0138. The standard InChI is InChI=1S/C21H30N4O2S/c1-4-22-21(23-14-18-8-6-5-7-9-18)24-15-19-10-12-20(13-11-19)16-28(26,27)25-17(2)3/h5-13,17,25H,4,14-16H2,1-3H3,(H2,22,23,24). The van der Waals surface area contributed by atoms with Gasteiger partial charge in [0.05, 0.1) is 12.3 Å². The predicted molar refractivity (Wildman–Crippen MR) is 115 cm³/mol. The second kappa shape index (κ2) is 10.8. The van der Waals surface area contributed by atoms with Gasteiger partial charge in [0.2, 0.25) is 10.0 Å². The molecule has 2 aromatic rings. The van der Waals surface area contributed by atoms with E-state index >= 15 is 0 Å². The average Bonchev–Trinajstić information content (AvgIpc) is 2.64. The van der Waals surface area contributed by atoms with Crippen molar-refractivity contribution < 1.29 is 8.42 Å². The summed E-state index contributed by atoms with van der Waals surface area (Å²) < 4.78 is 26.6. The molecule has 3 N–H and O–H groups in total. The molecule has 0 fully saturated rings. The van der Waals surface area contributed by atoms with Crippen LogP contribution >= 0.6 is 0 Å². The van der Waals surface area contributed by atoms with Gasteiger partial charge in [-0.25, -0.2) is 18.1 Å². The van der Waals surface area contributed by atoms with E-state index in [1.165, 1.54) is 0 Å². The van der Waals surface area contributed by atoms with Gasteiger partial charge in [-0.1, -0.05) is 54.6 Å². The largest absolute Gasteiger partial charge is 0.357 e. The molecule has 7 heteroatoms. The first-order valence-electron chi connectivity index (χ1n) is 9.52. The highest BCUT2D eigenvalue weighted by Crippen LogP contribution is 2.08. The van der Waals surface area contributed by atoms with Crippen molar-refractivity contribution in [3.05, 3.63) is 71.3 Å². The molecule has 28 heavy (non-hydrogen) atoms. The molecular weight excluding hydrogens is 372 g/mol. The van der Waals surface area contributed by atoms with Crippen molar-refractivity contribution in [1.82, 2.24) is 15.4 Å². The van der Waals surface area contributed by atoms with Gasteiger partial charge in [0.25, 0.3) is 0 Å². The lowest BCUT2D eigenvalue weighted by atomic mass is 10.1. The number of guanidine groups is 1. The molecule has 0 aliphatic carbocycles. The van der Waals surface area contributed by atoms with Crippen LogP contribution in [0.15, 0.2) is 59.6 Å². The summed E-state index contributed by atoms with van der Waals surface area (Å²) in [6, 6.07) is 17.6. The highest BCUT2D eigenvalue weighted by atomic mass is 32.2. The summed E-state index contributed by atoms with van der Waals surface area (Å²) in [4.78, 5) is 4.60. The topological polar surface area (TPSA) is 82.6 Å². The Morgan fingerprint density at radius 3 is 2.18 bits per heavy atom. The van der Waals surface area contributed by atoms with Crippen molar-refractivity contribution in [2.45, 2.75) is 45.7 Å². The fourth-order valence-electron chi connectivity index (χ4n) is 2.65. The Kier molecular flexibility index (Phi) is 8.47. The summed E-state index contributed by atoms with van der Waals surface area (Å²) >= 11 is 0. The minimum Gasteiger partial charge on any atom is -0.357 e. The SMILES string of the molecule is CCNC(=NCc1ccccc1)NCc1ccc(CS(=O)(=O)NC(C)C)cc1. The van der Waals surface area contributed by atoms with Gasteiger partial charge in [-0.2, -0.15) is 0 Å². The maximum absolute atomic E-state index is 12.0. The first kappa shape index (κ1) is 21.9. The Bertz CT molecular complexity index is 848. The highest BCUT2D eigenvalue weighted by molar-refractivity contribution is 7.88. The molecule has 0 amide bonds. The van der Waals surface area contributed by atoms with Gasteiger partial charge in [-0.15, -0.1) is 0 Å². The summed E-state index contributed by atoms with van der Waals surface area (Å²) in [6.45, 7) is 7.65. The minimum atomic E-state index is -3.31. The lowest BCUT2D eigenvalue weighted by molar-refractivity contribution is 0.569. The zero-order chi connectivity index (χ0) is 20.4. The fraction of sp³-hybridized carbons (Fsp3) is 0.381. The Morgan fingerprint density at radius 1 is 0.929 bits per heavy atom. The zero-order valence-corrected chi connectivity index (χ0v) is 17.6. The molecule has 0 bridgehead atoms. The molecular formula is C21H30N4O2S. The Morgan fingerprint density at radius 2 is 1.57 bits per heavy atom. The molecule has 0 aliphatic heterocycles. The molecule has 0 aliphatic rings. The molecule has 0 spiro atoms. The number of hydrogen-bond acceptors (Lipinski definition) is 3. The number of sulfonamides is 1. The van der Waals surface area contributed by atoms with E-state index in [9.17, 15) is 8.42 Å². The van der Waals surface area contributed by atoms with Gasteiger partial charge in [-0.05, 0) is 37.5 Å². The molecule has 2 rings (SSSR count). The van der Waals surface area contributed by atoms with E-state index in [1.54, 1.807) is 0 Å². The van der Waals surface area contributed by atoms with Crippen molar-refractivity contribution in [1.29, 1.82) is 0 Å². The van der Waals surface area contributed by atoms with E-state index in [2.05, 4.69) is 20.3 Å². The maximum atomic E-state index is 12.0. The van der Waals surface area contributed by atoms with Gasteiger partial charge < -0.3 is 10.6 Å². The monoisotopic (exact) mass is 402 g/mol. The van der Waals surface area contributed by atoms with Gasteiger partial charge in [-0.3, -0.25) is 0 Å². The molecule has 152 valence electrons. The number of hydrogen-bond donors (Lipinski definition) is 3. The van der Waals surface area contributed by atoms with E-state index < -0.39 is 10.0 Å². The first-order chi connectivity index (χ1) is 13.4. The van der Waals surface area contributed by atoms with Gasteiger partial charge in [0, 0.05) is 19.1 Å². The van der Waals surface area contributed by atoms with Gasteiger partial charge >= 0.3 is 0 Å². The van der Waals surface area contributed by atoms with Crippen molar-refractivity contribution in [2.75, 3.05) is 6.54 Å². The van der Waals surface area contributed by atoms with Crippen molar-refractivity contribution in [3.63, 3.8) is 0 Å². The van der Waals surface area contributed by atoms with Crippen LogP contribution < -0.4 is 15.4 Å². The predicted octanol–water partition coefficient (Wildman–Crippen LogP) is 2.77. The van der Waals surface area contributed by atoms with Gasteiger partial charge in [0.15, 0.2) is 5.96 Å². The normalized spacial score (nSPS) is 12.2. The summed E-state index contributed by atoms with van der Waals surface area (Å²) in [5.74, 6) is 0.735. The average molecular weight is 403 g/mol. The summed E-state index contributed by atoms with van der Waals surface area (Å²) in [6.07, 6.45) is 0. The third kappa shape index (κ3) is 8.10. The molecule has 0 atom stereocenters. The van der Waals surface area contributed by atoms with Crippen LogP contribution in [-0.2, 0) is 28.9 Å². The number of nitrogens with zero attached hydrogens (tertiary/aromatic N) is 1. The lowest BCUT2D eigenvalue weighted by Gasteiger charge is -2.12. The Hall–Kier alpha value is -2.38. The maximum Gasteiger partial charge on any atom is 0.216 e. The molecule has 0 saturated carbocycles. The third-order valence-corrected chi connectivity index (χ3v) is 5.41. The van der Waals surface area contributed by atoms with Crippen LogP contribution in [0.4, 0.5) is 0 Å². The molecule has 0 radical (unpaired) electrons. The van der Waals surface area contributed by atoms with Crippen molar-refractivity contribution in [3.8, 4) is 0 Å². The molecule has 0 unspecified atom stereocenters. The molecule has 2 aromatic carbocycles. The van der Waals surface area contributed by atoms with E-state index in [0.29, 0.717) is 13.1 Å². The molecule has 0 aromatic heterocycles. The first-order valence-corrected chi connectivity index (χ1v) is 11.2. The van der Waals surface area contributed by atoms with Crippen molar-refractivity contribution in [2.24, 2.45) is 4.99 Å². The third-order valence-electron chi connectivity index (χ3n) is 3.86. The van der Waals surface area contributed by atoms with Crippen LogP contribution in [0.2, 0.25) is 0 Å². The quantitative estimate of drug-likeness (QED) is 0.445.